The SMILES string of the molecule is CN(C)S(=O)(=O)N1CCN(C(=O)C(=O)NC2CC2)CC1. The maximum atomic E-state index is 11.9. The van der Waals surface area contributed by atoms with Crippen LogP contribution in [0.15, 0.2) is 0 Å². The predicted octanol–water partition coefficient (Wildman–Crippen LogP) is -1.78. The lowest BCUT2D eigenvalue weighted by molar-refractivity contribution is -0.146. The number of nitrogens with zero attached hydrogens (tertiary/aromatic N) is 3. The number of piperazine rings is 1. The summed E-state index contributed by atoms with van der Waals surface area (Å²) in [5.41, 5.74) is 0. The Balaban J connectivity index is 1.87. The van der Waals surface area contributed by atoms with E-state index in [-0.39, 0.29) is 32.2 Å². The van der Waals surface area contributed by atoms with Gasteiger partial charge in [-0.3, -0.25) is 9.59 Å². The molecule has 20 heavy (non-hydrogen) atoms. The number of nitrogens with one attached hydrogen (secondary N) is 1. The Labute approximate surface area is 118 Å². The summed E-state index contributed by atoms with van der Waals surface area (Å²) in [4.78, 5) is 24.9. The molecule has 0 aromatic heterocycles. The minimum absolute atomic E-state index is 0.141. The minimum atomic E-state index is -3.45. The third-order valence-corrected chi connectivity index (χ3v) is 5.36. The fourth-order valence-corrected chi connectivity index (χ4v) is 3.06. The van der Waals surface area contributed by atoms with Crippen molar-refractivity contribution in [1.29, 1.82) is 0 Å². The number of hydrogen-bond acceptors (Lipinski definition) is 4. The van der Waals surface area contributed by atoms with Crippen molar-refractivity contribution >= 4 is 22.0 Å². The molecule has 9 heteroatoms. The molecule has 0 bridgehead atoms. The Bertz CT molecular complexity index is 493. The molecule has 0 spiro atoms. The molecule has 0 unspecified atom stereocenters. The largest absolute Gasteiger partial charge is 0.345 e. The summed E-state index contributed by atoms with van der Waals surface area (Å²) in [7, 11) is -0.514. The van der Waals surface area contributed by atoms with Crippen molar-refractivity contribution in [3.63, 3.8) is 0 Å². The Kier molecular flexibility index (Phi) is 4.31. The van der Waals surface area contributed by atoms with E-state index in [9.17, 15) is 18.0 Å². The standard InChI is InChI=1S/C11H20N4O4S/c1-13(2)20(18,19)15-7-5-14(6-8-15)11(17)10(16)12-9-3-4-9/h9H,3-8H2,1-2H3,(H,12,16). The highest BCUT2D eigenvalue weighted by atomic mass is 32.2. The molecule has 0 atom stereocenters. The van der Waals surface area contributed by atoms with E-state index >= 15 is 0 Å². The molecule has 2 amide bonds. The summed E-state index contributed by atoms with van der Waals surface area (Å²) in [6, 6.07) is 0.141. The summed E-state index contributed by atoms with van der Waals surface area (Å²) < 4.78 is 26.3. The molecule has 1 N–H and O–H groups in total. The second-order valence-corrected chi connectivity index (χ2v) is 7.37. The van der Waals surface area contributed by atoms with Gasteiger partial charge in [0.2, 0.25) is 0 Å². The molecule has 0 aromatic carbocycles. The summed E-state index contributed by atoms with van der Waals surface area (Å²) in [5.74, 6) is -1.16. The van der Waals surface area contributed by atoms with Crippen LogP contribution in [0.25, 0.3) is 0 Å². The monoisotopic (exact) mass is 304 g/mol. The minimum Gasteiger partial charge on any atom is -0.345 e. The van der Waals surface area contributed by atoms with Gasteiger partial charge in [-0.25, -0.2) is 0 Å². The highest BCUT2D eigenvalue weighted by molar-refractivity contribution is 7.86. The van der Waals surface area contributed by atoms with Crippen LogP contribution in [0.2, 0.25) is 0 Å². The Morgan fingerprint density at radius 1 is 1.10 bits per heavy atom. The van der Waals surface area contributed by atoms with E-state index in [0.29, 0.717) is 0 Å². The average molecular weight is 304 g/mol. The van der Waals surface area contributed by atoms with E-state index in [1.807, 2.05) is 0 Å². The van der Waals surface area contributed by atoms with Crippen molar-refractivity contribution < 1.29 is 18.0 Å². The first-order valence-electron chi connectivity index (χ1n) is 6.59. The average Bonchev–Trinajstić information content (AvgIpc) is 3.21. The molecule has 114 valence electrons. The predicted molar refractivity (Wildman–Crippen MR) is 71.9 cm³/mol. The molecule has 1 heterocycles. The molecule has 2 aliphatic rings. The molecule has 2 rings (SSSR count). The molecule has 1 aliphatic carbocycles. The zero-order valence-corrected chi connectivity index (χ0v) is 12.5. The van der Waals surface area contributed by atoms with Gasteiger partial charge in [-0.15, -0.1) is 0 Å². The van der Waals surface area contributed by atoms with Gasteiger partial charge in [-0.2, -0.15) is 17.0 Å². The lowest BCUT2D eigenvalue weighted by Crippen LogP contribution is -2.55. The van der Waals surface area contributed by atoms with Crippen LogP contribution in [0.1, 0.15) is 12.8 Å². The molecule has 0 radical (unpaired) electrons. The zero-order valence-electron chi connectivity index (χ0n) is 11.7. The Morgan fingerprint density at radius 3 is 2.10 bits per heavy atom. The molecule has 0 aromatic rings. The van der Waals surface area contributed by atoms with Crippen molar-refractivity contribution in [2.75, 3.05) is 40.3 Å². The second kappa shape index (κ2) is 5.66. The van der Waals surface area contributed by atoms with Crippen LogP contribution in [-0.2, 0) is 19.8 Å². The molecule has 1 saturated heterocycles. The van der Waals surface area contributed by atoms with E-state index in [1.54, 1.807) is 0 Å². The number of hydrogen-bond donors (Lipinski definition) is 1. The lowest BCUT2D eigenvalue weighted by Gasteiger charge is -2.34. The molecular formula is C11H20N4O4S. The van der Waals surface area contributed by atoms with Crippen molar-refractivity contribution in [3.8, 4) is 0 Å². The number of amides is 2. The summed E-state index contributed by atoms with van der Waals surface area (Å²) in [6.07, 6.45) is 1.85. The number of carbonyl (C=O) groups excluding carboxylic acids is 2. The van der Waals surface area contributed by atoms with Crippen LogP contribution in [0.3, 0.4) is 0 Å². The zero-order chi connectivity index (χ0) is 14.9. The van der Waals surface area contributed by atoms with E-state index < -0.39 is 22.0 Å². The molecule has 2 fully saturated rings. The normalized spacial score (nSPS) is 21.1. The fraction of sp³-hybridized carbons (Fsp3) is 0.818. The highest BCUT2D eigenvalue weighted by Gasteiger charge is 2.33. The van der Waals surface area contributed by atoms with Crippen LogP contribution in [0.5, 0.6) is 0 Å². The van der Waals surface area contributed by atoms with Crippen LogP contribution in [-0.4, -0.2) is 80.1 Å². The fourth-order valence-electron chi connectivity index (χ4n) is 1.97. The first-order chi connectivity index (χ1) is 9.32. The summed E-state index contributed by atoms with van der Waals surface area (Å²) in [6.45, 7) is 0.903. The Morgan fingerprint density at radius 2 is 1.65 bits per heavy atom. The number of rotatable bonds is 3. The van der Waals surface area contributed by atoms with Gasteiger partial charge in [0, 0.05) is 46.3 Å². The van der Waals surface area contributed by atoms with Gasteiger partial charge in [0.1, 0.15) is 0 Å². The topological polar surface area (TPSA) is 90.0 Å². The van der Waals surface area contributed by atoms with E-state index in [2.05, 4.69) is 5.32 Å². The number of carbonyl (C=O) groups is 2. The van der Waals surface area contributed by atoms with Crippen LogP contribution >= 0.6 is 0 Å². The quantitative estimate of drug-likeness (QED) is 0.624. The summed E-state index contributed by atoms with van der Waals surface area (Å²) in [5, 5.41) is 2.64. The maximum Gasteiger partial charge on any atom is 0.311 e. The van der Waals surface area contributed by atoms with Gasteiger partial charge in [0.25, 0.3) is 10.2 Å². The third-order valence-electron chi connectivity index (χ3n) is 3.42. The van der Waals surface area contributed by atoms with E-state index in [0.717, 1.165) is 17.1 Å². The smallest absolute Gasteiger partial charge is 0.311 e. The summed E-state index contributed by atoms with van der Waals surface area (Å²) >= 11 is 0. The van der Waals surface area contributed by atoms with Crippen LogP contribution in [0, 0.1) is 0 Å². The van der Waals surface area contributed by atoms with Gasteiger partial charge in [0.05, 0.1) is 0 Å². The maximum absolute atomic E-state index is 11.9. The molecular weight excluding hydrogens is 284 g/mol. The van der Waals surface area contributed by atoms with Crippen molar-refractivity contribution in [3.05, 3.63) is 0 Å². The van der Waals surface area contributed by atoms with E-state index in [1.165, 1.54) is 23.3 Å². The van der Waals surface area contributed by atoms with Gasteiger partial charge in [-0.1, -0.05) is 0 Å². The van der Waals surface area contributed by atoms with Crippen molar-refractivity contribution in [2.24, 2.45) is 0 Å². The molecule has 8 nitrogen and oxygen atoms in total. The van der Waals surface area contributed by atoms with Gasteiger partial charge < -0.3 is 10.2 Å². The Hall–Kier alpha value is -1.19. The van der Waals surface area contributed by atoms with Crippen molar-refractivity contribution in [1.82, 2.24) is 18.8 Å². The first kappa shape index (κ1) is 15.2. The molecule has 1 saturated carbocycles. The van der Waals surface area contributed by atoms with Crippen LogP contribution < -0.4 is 5.32 Å². The molecule has 1 aliphatic heterocycles. The van der Waals surface area contributed by atoms with Crippen LogP contribution in [0.4, 0.5) is 0 Å². The lowest BCUT2D eigenvalue weighted by atomic mass is 10.3. The highest BCUT2D eigenvalue weighted by Crippen LogP contribution is 2.18. The van der Waals surface area contributed by atoms with Gasteiger partial charge in [-0.05, 0) is 12.8 Å². The van der Waals surface area contributed by atoms with Crippen molar-refractivity contribution in [2.45, 2.75) is 18.9 Å². The first-order valence-corrected chi connectivity index (χ1v) is 7.99. The van der Waals surface area contributed by atoms with Gasteiger partial charge in [0.15, 0.2) is 0 Å². The third kappa shape index (κ3) is 3.28. The van der Waals surface area contributed by atoms with E-state index in [4.69, 9.17) is 0 Å². The second-order valence-electron chi connectivity index (χ2n) is 5.23. The van der Waals surface area contributed by atoms with Gasteiger partial charge >= 0.3 is 11.8 Å².